The van der Waals surface area contributed by atoms with E-state index in [0.29, 0.717) is 6.54 Å². The van der Waals surface area contributed by atoms with Gasteiger partial charge in [-0.3, -0.25) is 9.97 Å². The lowest BCUT2D eigenvalue weighted by Gasteiger charge is -2.08. The van der Waals surface area contributed by atoms with Crippen LogP contribution in [0.4, 0.5) is 5.82 Å². The van der Waals surface area contributed by atoms with Crippen LogP contribution in [0.5, 0.6) is 0 Å². The van der Waals surface area contributed by atoms with Gasteiger partial charge in [-0.15, -0.1) is 0 Å². The smallest absolute Gasteiger partial charge is 0.148 e. The second-order valence-corrected chi connectivity index (χ2v) is 6.32. The molecule has 0 saturated heterocycles. The topological polar surface area (TPSA) is 68.5 Å². The predicted octanol–water partition coefficient (Wildman–Crippen LogP) is 3.95. The molecule has 0 bridgehead atoms. The first-order chi connectivity index (χ1) is 13.2. The third kappa shape index (κ3) is 3.69. The van der Waals surface area contributed by atoms with E-state index >= 15 is 0 Å². The van der Waals surface area contributed by atoms with Crippen LogP contribution in [0.25, 0.3) is 16.9 Å². The van der Waals surface area contributed by atoms with Gasteiger partial charge < -0.3 is 5.32 Å². The largest absolute Gasteiger partial charge is 0.364 e. The van der Waals surface area contributed by atoms with Gasteiger partial charge in [0.05, 0.1) is 22.8 Å². The minimum absolute atomic E-state index is 0.601. The lowest BCUT2D eigenvalue weighted by Crippen LogP contribution is -2.05. The van der Waals surface area contributed by atoms with Crippen molar-refractivity contribution >= 4 is 5.82 Å². The minimum atomic E-state index is 0.601. The van der Waals surface area contributed by atoms with Gasteiger partial charge in [0.2, 0.25) is 0 Å². The number of aromatic nitrogens is 5. The fourth-order valence-electron chi connectivity index (χ4n) is 2.89. The first kappa shape index (κ1) is 16.9. The normalized spacial score (nSPS) is 10.7. The van der Waals surface area contributed by atoms with Crippen molar-refractivity contribution in [3.63, 3.8) is 0 Å². The van der Waals surface area contributed by atoms with Gasteiger partial charge in [0.1, 0.15) is 5.82 Å². The van der Waals surface area contributed by atoms with Gasteiger partial charge in [-0.2, -0.15) is 5.10 Å². The third-order valence-corrected chi connectivity index (χ3v) is 4.29. The average Bonchev–Trinajstić information content (AvgIpc) is 3.14. The van der Waals surface area contributed by atoms with E-state index < -0.39 is 0 Å². The summed E-state index contributed by atoms with van der Waals surface area (Å²) in [5.41, 5.74) is 5.81. The van der Waals surface area contributed by atoms with Gasteiger partial charge in [0.25, 0.3) is 0 Å². The second-order valence-electron chi connectivity index (χ2n) is 6.32. The highest BCUT2D eigenvalue weighted by Crippen LogP contribution is 2.24. The van der Waals surface area contributed by atoms with Crippen LogP contribution in [0.2, 0.25) is 0 Å². The van der Waals surface area contributed by atoms with Gasteiger partial charge in [-0.25, -0.2) is 9.67 Å². The summed E-state index contributed by atoms with van der Waals surface area (Å²) in [4.78, 5) is 13.0. The van der Waals surface area contributed by atoms with E-state index in [0.717, 1.165) is 39.7 Å². The van der Waals surface area contributed by atoms with Gasteiger partial charge in [-0.05, 0) is 38.1 Å². The van der Waals surface area contributed by atoms with Crippen LogP contribution in [-0.2, 0) is 6.54 Å². The quantitative estimate of drug-likeness (QED) is 0.586. The number of anilines is 1. The van der Waals surface area contributed by atoms with E-state index in [2.05, 4.69) is 26.5 Å². The van der Waals surface area contributed by atoms with Crippen molar-refractivity contribution in [2.75, 3.05) is 5.32 Å². The molecule has 3 aromatic heterocycles. The standard InChI is InChI=1S/C21H20N6/c1-15-12-23-16(2)21(25-15)24-13-18-14-27(19-6-4-3-5-7-19)26-20(18)17-8-10-22-11-9-17/h3-12,14H,13H2,1-2H3,(H,24,25). The number of hydrogen-bond acceptors (Lipinski definition) is 5. The molecule has 1 aromatic carbocycles. The molecule has 27 heavy (non-hydrogen) atoms. The second kappa shape index (κ2) is 7.37. The number of hydrogen-bond donors (Lipinski definition) is 1. The van der Waals surface area contributed by atoms with E-state index in [1.165, 1.54) is 0 Å². The molecule has 0 unspecified atom stereocenters. The SMILES string of the molecule is Cc1cnc(C)c(NCc2cn(-c3ccccc3)nc2-c2ccncc2)n1. The van der Waals surface area contributed by atoms with Crippen molar-refractivity contribution in [1.29, 1.82) is 0 Å². The van der Waals surface area contributed by atoms with E-state index in [9.17, 15) is 0 Å². The molecule has 0 fully saturated rings. The van der Waals surface area contributed by atoms with Crippen molar-refractivity contribution < 1.29 is 0 Å². The van der Waals surface area contributed by atoms with E-state index in [1.54, 1.807) is 18.6 Å². The Hall–Kier alpha value is -3.54. The van der Waals surface area contributed by atoms with Gasteiger partial charge in [0.15, 0.2) is 0 Å². The van der Waals surface area contributed by atoms with Crippen LogP contribution in [0.3, 0.4) is 0 Å². The number of para-hydroxylation sites is 1. The summed E-state index contributed by atoms with van der Waals surface area (Å²) < 4.78 is 1.90. The lowest BCUT2D eigenvalue weighted by atomic mass is 10.1. The number of aryl methyl sites for hydroxylation is 2. The molecule has 0 aliphatic heterocycles. The fraction of sp³-hybridized carbons (Fsp3) is 0.143. The van der Waals surface area contributed by atoms with Crippen LogP contribution in [0, 0.1) is 13.8 Å². The van der Waals surface area contributed by atoms with Crippen LogP contribution in [-0.4, -0.2) is 24.7 Å². The molecule has 0 aliphatic rings. The van der Waals surface area contributed by atoms with Crippen LogP contribution in [0.15, 0.2) is 67.3 Å². The van der Waals surface area contributed by atoms with Crippen molar-refractivity contribution in [1.82, 2.24) is 24.7 Å². The Morgan fingerprint density at radius 2 is 1.78 bits per heavy atom. The van der Waals surface area contributed by atoms with Gasteiger partial charge in [-0.1, -0.05) is 18.2 Å². The molecule has 4 rings (SSSR count). The number of rotatable bonds is 5. The van der Waals surface area contributed by atoms with E-state index in [-0.39, 0.29) is 0 Å². The highest BCUT2D eigenvalue weighted by molar-refractivity contribution is 5.63. The van der Waals surface area contributed by atoms with Crippen LogP contribution in [0.1, 0.15) is 17.0 Å². The van der Waals surface area contributed by atoms with Crippen molar-refractivity contribution in [2.24, 2.45) is 0 Å². The Balaban J connectivity index is 1.70. The fourth-order valence-corrected chi connectivity index (χ4v) is 2.89. The summed E-state index contributed by atoms with van der Waals surface area (Å²) in [7, 11) is 0. The Morgan fingerprint density at radius 1 is 1.00 bits per heavy atom. The highest BCUT2D eigenvalue weighted by atomic mass is 15.3. The summed E-state index contributed by atoms with van der Waals surface area (Å²) in [5.74, 6) is 0.795. The van der Waals surface area contributed by atoms with E-state index in [4.69, 9.17) is 5.10 Å². The summed E-state index contributed by atoms with van der Waals surface area (Å²) in [5, 5.41) is 8.22. The minimum Gasteiger partial charge on any atom is -0.364 e. The zero-order chi connectivity index (χ0) is 18.6. The molecule has 0 saturated carbocycles. The maximum absolute atomic E-state index is 4.82. The molecular formula is C21H20N6. The molecule has 0 aliphatic carbocycles. The number of nitrogens with zero attached hydrogens (tertiary/aromatic N) is 5. The Bertz CT molecular complexity index is 1040. The molecule has 0 amide bonds. The Kier molecular flexibility index (Phi) is 4.61. The maximum atomic E-state index is 4.82. The summed E-state index contributed by atoms with van der Waals surface area (Å²) in [6.45, 7) is 4.49. The average molecular weight is 356 g/mol. The van der Waals surface area contributed by atoms with Crippen molar-refractivity contribution in [3.05, 3.63) is 84.2 Å². The summed E-state index contributed by atoms with van der Waals surface area (Å²) in [6, 6.07) is 14.0. The Morgan fingerprint density at radius 3 is 2.56 bits per heavy atom. The van der Waals surface area contributed by atoms with Crippen LogP contribution < -0.4 is 5.32 Å². The number of nitrogens with one attached hydrogen (secondary N) is 1. The summed E-state index contributed by atoms with van der Waals surface area (Å²) >= 11 is 0. The first-order valence-electron chi connectivity index (χ1n) is 8.79. The lowest BCUT2D eigenvalue weighted by molar-refractivity contribution is 0.883. The van der Waals surface area contributed by atoms with Crippen LogP contribution >= 0.6 is 0 Å². The zero-order valence-electron chi connectivity index (χ0n) is 15.3. The molecule has 0 radical (unpaired) electrons. The molecule has 134 valence electrons. The molecule has 4 aromatic rings. The molecule has 6 nitrogen and oxygen atoms in total. The van der Waals surface area contributed by atoms with Gasteiger partial charge >= 0.3 is 0 Å². The molecule has 0 atom stereocenters. The molecule has 3 heterocycles. The number of benzene rings is 1. The first-order valence-corrected chi connectivity index (χ1v) is 8.79. The third-order valence-electron chi connectivity index (χ3n) is 4.29. The summed E-state index contributed by atoms with van der Waals surface area (Å²) in [6.07, 6.45) is 7.39. The maximum Gasteiger partial charge on any atom is 0.148 e. The van der Waals surface area contributed by atoms with Gasteiger partial charge in [0, 0.05) is 42.5 Å². The number of pyridine rings is 1. The van der Waals surface area contributed by atoms with E-state index in [1.807, 2.05) is 61.0 Å². The monoisotopic (exact) mass is 356 g/mol. The predicted molar refractivity (Wildman–Crippen MR) is 106 cm³/mol. The molecule has 6 heteroatoms. The molecule has 1 N–H and O–H groups in total. The Labute approximate surface area is 158 Å². The van der Waals surface area contributed by atoms with Crippen molar-refractivity contribution in [2.45, 2.75) is 20.4 Å². The molecular weight excluding hydrogens is 336 g/mol. The zero-order valence-corrected chi connectivity index (χ0v) is 15.3. The van der Waals surface area contributed by atoms with Crippen molar-refractivity contribution in [3.8, 4) is 16.9 Å². The molecule has 0 spiro atoms. The highest BCUT2D eigenvalue weighted by Gasteiger charge is 2.13.